The number of rotatable bonds is 2. The van der Waals surface area contributed by atoms with Crippen LogP contribution in [0.4, 0.5) is 5.82 Å². The van der Waals surface area contributed by atoms with Crippen molar-refractivity contribution in [3.8, 4) is 0 Å². The van der Waals surface area contributed by atoms with Crippen molar-refractivity contribution in [1.82, 2.24) is 14.7 Å². The molecule has 2 amide bonds. The Balaban J connectivity index is 1.83. The quantitative estimate of drug-likeness (QED) is 0.682. The van der Waals surface area contributed by atoms with E-state index in [0.717, 1.165) is 12.0 Å². The van der Waals surface area contributed by atoms with Crippen LogP contribution in [0.2, 0.25) is 0 Å². The van der Waals surface area contributed by atoms with E-state index >= 15 is 0 Å². The minimum absolute atomic E-state index is 0.0506. The number of amides is 2. The Morgan fingerprint density at radius 3 is 2.56 bits per heavy atom. The highest BCUT2D eigenvalue weighted by Gasteiger charge is 2.58. The van der Waals surface area contributed by atoms with Gasteiger partial charge < -0.3 is 5.73 Å². The zero-order valence-corrected chi connectivity index (χ0v) is 8.88. The summed E-state index contributed by atoms with van der Waals surface area (Å²) in [4.78, 5) is 24.7. The number of anilines is 1. The summed E-state index contributed by atoms with van der Waals surface area (Å²) in [6.45, 7) is 0.254. The predicted octanol–water partition coefficient (Wildman–Crippen LogP) is -0.493. The van der Waals surface area contributed by atoms with Gasteiger partial charge >= 0.3 is 0 Å². The number of likely N-dealkylation sites (tertiary alicyclic amines) is 1. The molecule has 0 spiro atoms. The topological polar surface area (TPSA) is 81.2 Å². The number of piperidine rings is 1. The molecular weight excluding hydrogens is 208 g/mol. The van der Waals surface area contributed by atoms with Crippen LogP contribution in [0.1, 0.15) is 12.0 Å². The maximum absolute atomic E-state index is 11.7. The largest absolute Gasteiger partial charge is 0.384 e. The van der Waals surface area contributed by atoms with Crippen LogP contribution in [0.3, 0.4) is 0 Å². The average molecular weight is 220 g/mol. The van der Waals surface area contributed by atoms with Crippen molar-refractivity contribution in [3.63, 3.8) is 0 Å². The number of hydrogen-bond donors (Lipinski definition) is 1. The number of nitrogens with zero attached hydrogens (tertiary/aromatic N) is 3. The Hall–Kier alpha value is -1.85. The molecule has 0 bridgehead atoms. The van der Waals surface area contributed by atoms with Crippen LogP contribution in [-0.4, -0.2) is 26.5 Å². The van der Waals surface area contributed by atoms with Gasteiger partial charge in [-0.05, 0) is 6.42 Å². The molecule has 6 heteroatoms. The molecule has 3 rings (SSSR count). The van der Waals surface area contributed by atoms with Gasteiger partial charge in [0.15, 0.2) is 0 Å². The van der Waals surface area contributed by atoms with Gasteiger partial charge in [-0.2, -0.15) is 5.10 Å². The maximum atomic E-state index is 11.7. The highest BCUT2D eigenvalue weighted by molar-refractivity contribution is 6.08. The van der Waals surface area contributed by atoms with E-state index in [0.29, 0.717) is 5.82 Å². The fourth-order valence-electron chi connectivity index (χ4n) is 2.19. The lowest BCUT2D eigenvalue weighted by molar-refractivity contribution is -0.142. The van der Waals surface area contributed by atoms with Crippen LogP contribution >= 0.6 is 0 Å². The predicted molar refractivity (Wildman–Crippen MR) is 54.8 cm³/mol. The molecule has 1 saturated heterocycles. The summed E-state index contributed by atoms with van der Waals surface area (Å²) in [7, 11) is 1.73. The van der Waals surface area contributed by atoms with Crippen LogP contribution in [-0.2, 0) is 23.2 Å². The first-order valence-corrected chi connectivity index (χ1v) is 5.21. The molecule has 0 aromatic carbocycles. The van der Waals surface area contributed by atoms with E-state index in [-0.39, 0.29) is 30.2 Å². The van der Waals surface area contributed by atoms with Gasteiger partial charge in [0.25, 0.3) is 0 Å². The molecule has 1 aliphatic carbocycles. The molecule has 2 fully saturated rings. The maximum Gasteiger partial charge on any atom is 0.233 e. The molecule has 2 aliphatic rings. The summed E-state index contributed by atoms with van der Waals surface area (Å²) in [6, 6.07) is 0. The van der Waals surface area contributed by atoms with Crippen molar-refractivity contribution in [2.75, 3.05) is 5.73 Å². The minimum atomic E-state index is -0.0572. The normalized spacial score (nSPS) is 27.4. The average Bonchev–Trinajstić information content (AvgIpc) is 2.95. The van der Waals surface area contributed by atoms with Crippen molar-refractivity contribution in [2.24, 2.45) is 18.9 Å². The summed E-state index contributed by atoms with van der Waals surface area (Å²) in [6.07, 6.45) is 2.33. The lowest BCUT2D eigenvalue weighted by Crippen LogP contribution is -2.32. The minimum Gasteiger partial charge on any atom is -0.384 e. The summed E-state index contributed by atoms with van der Waals surface area (Å²) in [5, 5.41) is 3.98. The van der Waals surface area contributed by atoms with E-state index in [1.807, 2.05) is 0 Å². The summed E-state index contributed by atoms with van der Waals surface area (Å²) in [5.41, 5.74) is 6.50. The molecule has 84 valence electrons. The Bertz CT molecular complexity index is 473. The van der Waals surface area contributed by atoms with Crippen LogP contribution < -0.4 is 5.73 Å². The van der Waals surface area contributed by atoms with Gasteiger partial charge in [0, 0.05) is 12.6 Å². The number of hydrogen-bond acceptors (Lipinski definition) is 4. The zero-order chi connectivity index (χ0) is 11.4. The van der Waals surface area contributed by atoms with Gasteiger partial charge in [-0.1, -0.05) is 0 Å². The van der Waals surface area contributed by atoms with Gasteiger partial charge in [-0.25, -0.2) is 0 Å². The van der Waals surface area contributed by atoms with Gasteiger partial charge in [0.05, 0.1) is 24.6 Å². The molecular formula is C10H12N4O2. The number of aryl methyl sites for hydroxylation is 1. The monoisotopic (exact) mass is 220 g/mol. The number of carbonyl (C=O) groups is 2. The van der Waals surface area contributed by atoms with E-state index in [4.69, 9.17) is 5.73 Å². The number of imide groups is 1. The third-order valence-electron chi connectivity index (χ3n) is 3.35. The van der Waals surface area contributed by atoms with Crippen LogP contribution in [0.5, 0.6) is 0 Å². The fourth-order valence-corrected chi connectivity index (χ4v) is 2.19. The van der Waals surface area contributed by atoms with Crippen molar-refractivity contribution in [1.29, 1.82) is 0 Å². The summed E-state index contributed by atoms with van der Waals surface area (Å²) in [5.74, 6) is 0.286. The molecule has 1 aliphatic heterocycles. The van der Waals surface area contributed by atoms with E-state index < -0.39 is 0 Å². The highest BCUT2D eigenvalue weighted by Crippen LogP contribution is 2.47. The van der Waals surface area contributed by atoms with Crippen LogP contribution in [0.25, 0.3) is 0 Å². The third kappa shape index (κ3) is 1.09. The molecule has 1 aromatic heterocycles. The number of nitrogen functional groups attached to an aromatic ring is 1. The Morgan fingerprint density at radius 1 is 1.44 bits per heavy atom. The molecule has 2 N–H and O–H groups in total. The van der Waals surface area contributed by atoms with Crippen molar-refractivity contribution in [2.45, 2.75) is 13.0 Å². The second-order valence-corrected chi connectivity index (χ2v) is 4.39. The summed E-state index contributed by atoms with van der Waals surface area (Å²) >= 11 is 0. The third-order valence-corrected chi connectivity index (χ3v) is 3.35. The van der Waals surface area contributed by atoms with Gasteiger partial charge in [0.2, 0.25) is 11.8 Å². The molecule has 16 heavy (non-hydrogen) atoms. The molecule has 2 heterocycles. The van der Waals surface area contributed by atoms with E-state index in [1.54, 1.807) is 13.2 Å². The molecule has 1 saturated carbocycles. The van der Waals surface area contributed by atoms with Crippen LogP contribution in [0, 0.1) is 11.8 Å². The van der Waals surface area contributed by atoms with E-state index in [2.05, 4.69) is 5.10 Å². The number of nitrogens with two attached hydrogens (primary N) is 1. The SMILES string of the molecule is Cn1ncc(CN2C(=O)C3CC3C2=O)c1N. The van der Waals surface area contributed by atoms with Crippen molar-refractivity contribution >= 4 is 17.6 Å². The van der Waals surface area contributed by atoms with Gasteiger partial charge in [-0.3, -0.25) is 19.2 Å². The van der Waals surface area contributed by atoms with E-state index in [9.17, 15) is 9.59 Å². The van der Waals surface area contributed by atoms with Crippen molar-refractivity contribution < 1.29 is 9.59 Å². The Labute approximate surface area is 92.0 Å². The van der Waals surface area contributed by atoms with Gasteiger partial charge in [-0.15, -0.1) is 0 Å². The first-order valence-electron chi connectivity index (χ1n) is 5.21. The molecule has 6 nitrogen and oxygen atoms in total. The molecule has 2 unspecified atom stereocenters. The fraction of sp³-hybridized carbons (Fsp3) is 0.500. The Kier molecular flexibility index (Phi) is 1.66. The first kappa shape index (κ1) is 9.38. The number of fused-ring (bicyclic) bond motifs is 1. The second-order valence-electron chi connectivity index (χ2n) is 4.39. The molecule has 0 radical (unpaired) electrons. The first-order chi connectivity index (χ1) is 7.59. The standard InChI is InChI=1S/C10H12N4O2/c1-13-8(11)5(3-12-13)4-14-9(15)6-2-7(6)10(14)16/h3,6-7H,2,4,11H2,1H3. The van der Waals surface area contributed by atoms with Gasteiger partial charge in [0.1, 0.15) is 5.82 Å². The van der Waals surface area contributed by atoms with E-state index in [1.165, 1.54) is 9.58 Å². The highest BCUT2D eigenvalue weighted by atomic mass is 16.2. The molecule has 1 aromatic rings. The lowest BCUT2D eigenvalue weighted by atomic mass is 10.3. The van der Waals surface area contributed by atoms with Crippen molar-refractivity contribution in [3.05, 3.63) is 11.8 Å². The number of carbonyl (C=O) groups excluding carboxylic acids is 2. The zero-order valence-electron chi connectivity index (χ0n) is 8.88. The second kappa shape index (κ2) is 2.84. The van der Waals surface area contributed by atoms with Crippen LogP contribution in [0.15, 0.2) is 6.20 Å². The Morgan fingerprint density at radius 2 is 2.06 bits per heavy atom. The molecule has 2 atom stereocenters. The number of aromatic nitrogens is 2. The lowest BCUT2D eigenvalue weighted by Gasteiger charge is -2.15. The summed E-state index contributed by atoms with van der Waals surface area (Å²) < 4.78 is 1.53. The smallest absolute Gasteiger partial charge is 0.233 e.